The summed E-state index contributed by atoms with van der Waals surface area (Å²) in [7, 11) is 1.91. The largest absolute Gasteiger partial charge is 0.340 e. The lowest BCUT2D eigenvalue weighted by Crippen LogP contribution is -2.35. The first-order valence-electron chi connectivity index (χ1n) is 10.1. The molecule has 1 aliphatic rings. The Morgan fingerprint density at radius 2 is 1.82 bits per heavy atom. The molecular formula is C24H27N3O. The van der Waals surface area contributed by atoms with Crippen LogP contribution >= 0.6 is 0 Å². The van der Waals surface area contributed by atoms with E-state index in [1.54, 1.807) is 0 Å². The molecule has 0 bridgehead atoms. The normalized spacial score (nSPS) is 14.5. The molecule has 28 heavy (non-hydrogen) atoms. The molecule has 2 aromatic carbocycles. The molecule has 4 nitrogen and oxygen atoms in total. The van der Waals surface area contributed by atoms with Crippen molar-refractivity contribution in [2.45, 2.75) is 19.8 Å². The average molecular weight is 374 g/mol. The molecule has 4 heteroatoms. The maximum atomic E-state index is 13.3. The van der Waals surface area contributed by atoms with Gasteiger partial charge in [-0.25, -0.2) is 4.98 Å². The number of carbonyl (C=O) groups excluding carboxylic acids is 1. The van der Waals surface area contributed by atoms with Crippen molar-refractivity contribution in [2.24, 2.45) is 0 Å². The third-order valence-electron chi connectivity index (χ3n) is 5.56. The SMILES string of the molecule is Cc1ccc2nc(-c3ccccc3)cc(C(=O)N(C)CCN3CCCC3)c2c1. The van der Waals surface area contributed by atoms with Gasteiger partial charge in [-0.15, -0.1) is 0 Å². The van der Waals surface area contributed by atoms with Crippen LogP contribution in [0.3, 0.4) is 0 Å². The van der Waals surface area contributed by atoms with E-state index in [2.05, 4.69) is 24.0 Å². The van der Waals surface area contributed by atoms with Crippen LogP contribution in [-0.2, 0) is 0 Å². The van der Waals surface area contributed by atoms with Crippen molar-refractivity contribution in [3.8, 4) is 11.3 Å². The number of hydrogen-bond donors (Lipinski definition) is 0. The first-order valence-corrected chi connectivity index (χ1v) is 10.1. The number of carbonyl (C=O) groups is 1. The monoisotopic (exact) mass is 373 g/mol. The van der Waals surface area contributed by atoms with Crippen molar-refractivity contribution >= 4 is 16.8 Å². The molecule has 0 unspecified atom stereocenters. The molecule has 1 saturated heterocycles. The summed E-state index contributed by atoms with van der Waals surface area (Å²) < 4.78 is 0. The van der Waals surface area contributed by atoms with Crippen LogP contribution in [0, 0.1) is 6.92 Å². The predicted molar refractivity (Wildman–Crippen MR) is 115 cm³/mol. The molecule has 1 aliphatic heterocycles. The highest BCUT2D eigenvalue weighted by atomic mass is 16.2. The molecular weight excluding hydrogens is 346 g/mol. The zero-order chi connectivity index (χ0) is 19.5. The Kier molecular flexibility index (Phi) is 5.40. The Labute approximate surface area is 166 Å². The van der Waals surface area contributed by atoms with Gasteiger partial charge in [0.2, 0.25) is 0 Å². The van der Waals surface area contributed by atoms with Gasteiger partial charge in [-0.05, 0) is 51.1 Å². The van der Waals surface area contributed by atoms with Gasteiger partial charge in [-0.2, -0.15) is 0 Å². The number of fused-ring (bicyclic) bond motifs is 1. The van der Waals surface area contributed by atoms with Gasteiger partial charge in [-0.1, -0.05) is 42.0 Å². The highest BCUT2D eigenvalue weighted by molar-refractivity contribution is 6.07. The molecule has 2 heterocycles. The van der Waals surface area contributed by atoms with E-state index in [1.165, 1.54) is 12.8 Å². The zero-order valence-electron chi connectivity index (χ0n) is 16.7. The summed E-state index contributed by atoms with van der Waals surface area (Å²) in [6, 6.07) is 18.1. The third-order valence-corrected chi connectivity index (χ3v) is 5.56. The second-order valence-electron chi connectivity index (χ2n) is 7.72. The lowest BCUT2D eigenvalue weighted by Gasteiger charge is -2.22. The van der Waals surface area contributed by atoms with Crippen molar-refractivity contribution in [3.05, 3.63) is 65.7 Å². The van der Waals surface area contributed by atoms with Crippen LogP contribution in [0.1, 0.15) is 28.8 Å². The minimum Gasteiger partial charge on any atom is -0.340 e. The number of aryl methyl sites for hydroxylation is 1. The molecule has 0 spiro atoms. The van der Waals surface area contributed by atoms with Gasteiger partial charge < -0.3 is 9.80 Å². The lowest BCUT2D eigenvalue weighted by atomic mass is 10.0. The van der Waals surface area contributed by atoms with E-state index >= 15 is 0 Å². The van der Waals surface area contributed by atoms with Crippen LogP contribution in [0.4, 0.5) is 0 Å². The second kappa shape index (κ2) is 8.11. The number of benzene rings is 2. The van der Waals surface area contributed by atoms with E-state index in [0.717, 1.165) is 59.5 Å². The number of amides is 1. The van der Waals surface area contributed by atoms with Crippen LogP contribution < -0.4 is 0 Å². The van der Waals surface area contributed by atoms with Crippen LogP contribution in [0.15, 0.2) is 54.6 Å². The first-order chi connectivity index (χ1) is 13.6. The molecule has 4 rings (SSSR count). The fourth-order valence-corrected chi connectivity index (χ4v) is 3.88. The molecule has 1 amide bonds. The number of aromatic nitrogens is 1. The van der Waals surface area contributed by atoms with E-state index in [1.807, 2.05) is 54.4 Å². The van der Waals surface area contributed by atoms with Gasteiger partial charge >= 0.3 is 0 Å². The summed E-state index contributed by atoms with van der Waals surface area (Å²) in [4.78, 5) is 22.4. The summed E-state index contributed by atoms with van der Waals surface area (Å²) >= 11 is 0. The summed E-state index contributed by atoms with van der Waals surface area (Å²) in [5.74, 6) is 0.0642. The minimum absolute atomic E-state index is 0.0642. The van der Waals surface area contributed by atoms with Gasteiger partial charge in [0, 0.05) is 31.1 Å². The van der Waals surface area contributed by atoms with Crippen LogP contribution in [0.2, 0.25) is 0 Å². The minimum atomic E-state index is 0.0642. The standard InChI is InChI=1S/C24H27N3O/c1-18-10-11-22-20(16-18)21(17-23(25-22)19-8-4-3-5-9-19)24(28)26(2)14-15-27-12-6-7-13-27/h3-5,8-11,16-17H,6-7,12-15H2,1-2H3. The summed E-state index contributed by atoms with van der Waals surface area (Å²) in [6.07, 6.45) is 2.54. The number of pyridine rings is 1. The molecule has 1 aromatic heterocycles. The Balaban J connectivity index is 1.69. The Morgan fingerprint density at radius 1 is 1.07 bits per heavy atom. The van der Waals surface area contributed by atoms with E-state index in [9.17, 15) is 4.79 Å². The van der Waals surface area contributed by atoms with Gasteiger partial charge in [0.15, 0.2) is 0 Å². The molecule has 0 atom stereocenters. The quantitative estimate of drug-likeness (QED) is 0.666. The molecule has 144 valence electrons. The predicted octanol–water partition coefficient (Wildman–Crippen LogP) is 4.38. The van der Waals surface area contributed by atoms with E-state index < -0.39 is 0 Å². The van der Waals surface area contributed by atoms with Crippen molar-refractivity contribution in [3.63, 3.8) is 0 Å². The third kappa shape index (κ3) is 3.92. The van der Waals surface area contributed by atoms with Gasteiger partial charge in [0.1, 0.15) is 0 Å². The summed E-state index contributed by atoms with van der Waals surface area (Å²) in [6.45, 7) is 6.04. The van der Waals surface area contributed by atoms with Crippen molar-refractivity contribution in [1.82, 2.24) is 14.8 Å². The van der Waals surface area contributed by atoms with Gasteiger partial charge in [0.25, 0.3) is 5.91 Å². The van der Waals surface area contributed by atoms with E-state index in [-0.39, 0.29) is 5.91 Å². The fourth-order valence-electron chi connectivity index (χ4n) is 3.88. The topological polar surface area (TPSA) is 36.4 Å². The molecule has 3 aromatic rings. The maximum absolute atomic E-state index is 13.3. The van der Waals surface area contributed by atoms with E-state index in [4.69, 9.17) is 4.98 Å². The molecule has 0 radical (unpaired) electrons. The first kappa shape index (κ1) is 18.6. The van der Waals surface area contributed by atoms with Crippen LogP contribution in [0.5, 0.6) is 0 Å². The Hall–Kier alpha value is -2.72. The zero-order valence-corrected chi connectivity index (χ0v) is 16.7. The average Bonchev–Trinajstić information content (AvgIpc) is 3.25. The molecule has 1 fully saturated rings. The van der Waals surface area contributed by atoms with Gasteiger partial charge in [0.05, 0.1) is 16.8 Å². The maximum Gasteiger partial charge on any atom is 0.254 e. The smallest absolute Gasteiger partial charge is 0.254 e. The number of likely N-dealkylation sites (tertiary alicyclic amines) is 1. The molecule has 0 N–H and O–H groups in total. The Bertz CT molecular complexity index is 978. The van der Waals surface area contributed by atoms with E-state index in [0.29, 0.717) is 0 Å². The van der Waals surface area contributed by atoms with Crippen molar-refractivity contribution in [1.29, 1.82) is 0 Å². The van der Waals surface area contributed by atoms with Crippen molar-refractivity contribution in [2.75, 3.05) is 33.2 Å². The Morgan fingerprint density at radius 3 is 2.57 bits per heavy atom. The number of rotatable bonds is 5. The second-order valence-corrected chi connectivity index (χ2v) is 7.72. The number of hydrogen-bond acceptors (Lipinski definition) is 3. The summed E-state index contributed by atoms with van der Waals surface area (Å²) in [5.41, 5.74) is 4.60. The number of likely N-dealkylation sites (N-methyl/N-ethyl adjacent to an activating group) is 1. The highest BCUT2D eigenvalue weighted by Gasteiger charge is 2.19. The lowest BCUT2D eigenvalue weighted by molar-refractivity contribution is 0.0784. The fraction of sp³-hybridized carbons (Fsp3) is 0.333. The van der Waals surface area contributed by atoms with Crippen molar-refractivity contribution < 1.29 is 4.79 Å². The number of nitrogens with zero attached hydrogens (tertiary/aromatic N) is 3. The molecule has 0 saturated carbocycles. The van der Waals surface area contributed by atoms with Crippen LogP contribution in [-0.4, -0.2) is 53.9 Å². The molecule has 0 aliphatic carbocycles. The summed E-state index contributed by atoms with van der Waals surface area (Å²) in [5, 5.41) is 0.928. The van der Waals surface area contributed by atoms with Gasteiger partial charge in [-0.3, -0.25) is 4.79 Å². The van der Waals surface area contributed by atoms with Crippen LogP contribution in [0.25, 0.3) is 22.2 Å². The highest BCUT2D eigenvalue weighted by Crippen LogP contribution is 2.26.